The molecule has 1 fully saturated rings. The number of esters is 1. The summed E-state index contributed by atoms with van der Waals surface area (Å²) in [4.78, 5) is 33.9. The average Bonchev–Trinajstić information content (AvgIpc) is 2.90. The molecule has 21 heavy (non-hydrogen) atoms. The number of carboxylic acid groups (broad SMARTS) is 1. The first-order chi connectivity index (χ1) is 9.96. The van der Waals surface area contributed by atoms with Crippen LogP contribution >= 0.6 is 11.8 Å². The Labute approximate surface area is 128 Å². The van der Waals surface area contributed by atoms with Crippen LogP contribution < -0.4 is 10.6 Å². The van der Waals surface area contributed by atoms with Gasteiger partial charge >= 0.3 is 18.0 Å². The van der Waals surface area contributed by atoms with E-state index >= 15 is 0 Å². The number of urea groups is 1. The SMILES string of the molecule is COC(=O)CC[C@@H](NC(=O)NC1CCC(SC)C1)C(=O)O. The van der Waals surface area contributed by atoms with Crippen LogP contribution in [0.25, 0.3) is 0 Å². The van der Waals surface area contributed by atoms with Gasteiger partial charge in [-0.3, -0.25) is 4.79 Å². The molecule has 0 radical (unpaired) electrons. The smallest absolute Gasteiger partial charge is 0.326 e. The molecule has 0 aromatic rings. The lowest BCUT2D eigenvalue weighted by Crippen LogP contribution is -2.48. The Morgan fingerprint density at radius 3 is 2.62 bits per heavy atom. The number of methoxy groups -OCH3 is 1. The lowest BCUT2D eigenvalue weighted by atomic mass is 10.1. The van der Waals surface area contributed by atoms with E-state index in [-0.39, 0.29) is 18.9 Å². The van der Waals surface area contributed by atoms with Crippen LogP contribution in [0.1, 0.15) is 32.1 Å². The number of amides is 2. The van der Waals surface area contributed by atoms with Crippen molar-refractivity contribution in [3.63, 3.8) is 0 Å². The molecular formula is C13H22N2O5S. The minimum atomic E-state index is -1.16. The summed E-state index contributed by atoms with van der Waals surface area (Å²) in [6.45, 7) is 0. The number of thioether (sulfide) groups is 1. The van der Waals surface area contributed by atoms with Gasteiger partial charge in [0.1, 0.15) is 6.04 Å². The highest BCUT2D eigenvalue weighted by molar-refractivity contribution is 7.99. The van der Waals surface area contributed by atoms with Gasteiger partial charge in [-0.2, -0.15) is 11.8 Å². The van der Waals surface area contributed by atoms with Crippen molar-refractivity contribution in [2.24, 2.45) is 0 Å². The summed E-state index contributed by atoms with van der Waals surface area (Å²) in [5, 5.41) is 14.8. The molecule has 0 aromatic heterocycles. The Balaban J connectivity index is 2.38. The van der Waals surface area contributed by atoms with Gasteiger partial charge in [0.05, 0.1) is 7.11 Å². The van der Waals surface area contributed by atoms with Crippen molar-refractivity contribution in [1.82, 2.24) is 10.6 Å². The van der Waals surface area contributed by atoms with Crippen LogP contribution in [0.5, 0.6) is 0 Å². The minimum absolute atomic E-state index is 0.00747. The highest BCUT2D eigenvalue weighted by Gasteiger charge is 2.27. The first-order valence-corrected chi connectivity index (χ1v) is 8.14. The van der Waals surface area contributed by atoms with E-state index in [2.05, 4.69) is 15.4 Å². The van der Waals surface area contributed by atoms with Crippen LogP contribution in [0, 0.1) is 0 Å². The van der Waals surface area contributed by atoms with E-state index in [9.17, 15) is 14.4 Å². The second kappa shape index (κ2) is 8.76. The highest BCUT2D eigenvalue weighted by atomic mass is 32.2. The third kappa shape index (κ3) is 6.24. The van der Waals surface area contributed by atoms with Crippen molar-refractivity contribution in [1.29, 1.82) is 0 Å². The van der Waals surface area contributed by atoms with E-state index in [0.29, 0.717) is 5.25 Å². The molecule has 0 saturated heterocycles. The second-order valence-electron chi connectivity index (χ2n) is 4.99. The van der Waals surface area contributed by atoms with Crippen LogP contribution in [0.15, 0.2) is 0 Å². The molecule has 3 atom stereocenters. The normalized spacial score (nSPS) is 22.4. The molecule has 2 amide bonds. The van der Waals surface area contributed by atoms with Gasteiger partial charge in [-0.1, -0.05) is 0 Å². The third-order valence-corrected chi connectivity index (χ3v) is 4.62. The molecule has 8 heteroatoms. The van der Waals surface area contributed by atoms with Crippen molar-refractivity contribution in [2.45, 2.75) is 49.4 Å². The van der Waals surface area contributed by atoms with Gasteiger partial charge in [-0.25, -0.2) is 9.59 Å². The molecule has 0 aromatic carbocycles. The first kappa shape index (κ1) is 17.6. The molecule has 1 rings (SSSR count). The number of aliphatic carboxylic acids is 1. The molecule has 0 aliphatic heterocycles. The van der Waals surface area contributed by atoms with Crippen LogP contribution in [0.4, 0.5) is 4.79 Å². The Bertz CT molecular complexity index is 391. The van der Waals surface area contributed by atoms with Crippen molar-refractivity contribution >= 4 is 29.7 Å². The van der Waals surface area contributed by atoms with Gasteiger partial charge in [0.25, 0.3) is 0 Å². The largest absolute Gasteiger partial charge is 0.480 e. The van der Waals surface area contributed by atoms with E-state index in [1.807, 2.05) is 6.26 Å². The number of rotatable bonds is 7. The number of ether oxygens (including phenoxy) is 1. The fourth-order valence-corrected chi connectivity index (χ4v) is 3.09. The Morgan fingerprint density at radius 2 is 2.10 bits per heavy atom. The quantitative estimate of drug-likeness (QED) is 0.604. The maximum atomic E-state index is 11.8. The predicted octanol–water partition coefficient (Wildman–Crippen LogP) is 0.976. The zero-order valence-electron chi connectivity index (χ0n) is 12.3. The minimum Gasteiger partial charge on any atom is -0.480 e. The second-order valence-corrected chi connectivity index (χ2v) is 6.13. The summed E-state index contributed by atoms with van der Waals surface area (Å²) in [5.41, 5.74) is 0. The van der Waals surface area contributed by atoms with E-state index in [1.54, 1.807) is 11.8 Å². The van der Waals surface area contributed by atoms with Crippen LogP contribution in [-0.2, 0) is 14.3 Å². The number of carboxylic acids is 1. The summed E-state index contributed by atoms with van der Waals surface area (Å²) in [6, 6.07) is -1.52. The fourth-order valence-electron chi connectivity index (χ4n) is 2.29. The average molecular weight is 318 g/mol. The van der Waals surface area contributed by atoms with E-state index in [4.69, 9.17) is 5.11 Å². The van der Waals surface area contributed by atoms with E-state index in [1.165, 1.54) is 7.11 Å². The van der Waals surface area contributed by atoms with E-state index in [0.717, 1.165) is 19.3 Å². The predicted molar refractivity (Wildman–Crippen MR) is 79.3 cm³/mol. The van der Waals surface area contributed by atoms with Gasteiger partial charge in [0.2, 0.25) is 0 Å². The number of hydrogen-bond acceptors (Lipinski definition) is 5. The van der Waals surface area contributed by atoms with Crippen molar-refractivity contribution in [3.8, 4) is 0 Å². The molecule has 0 spiro atoms. The summed E-state index contributed by atoms with van der Waals surface area (Å²) in [6.07, 6.45) is 4.85. The molecule has 7 nitrogen and oxygen atoms in total. The third-order valence-electron chi connectivity index (χ3n) is 3.52. The van der Waals surface area contributed by atoms with Gasteiger partial charge in [-0.05, 0) is 31.9 Å². The zero-order chi connectivity index (χ0) is 15.8. The molecule has 1 aliphatic carbocycles. The standard InChI is InChI=1S/C13H22N2O5S/c1-20-11(16)6-5-10(12(17)18)15-13(19)14-8-3-4-9(7-8)21-2/h8-10H,3-7H2,1-2H3,(H,17,18)(H2,14,15,19)/t8?,9?,10-/m1/s1. The molecular weight excluding hydrogens is 296 g/mol. The maximum absolute atomic E-state index is 11.8. The molecule has 1 saturated carbocycles. The lowest BCUT2D eigenvalue weighted by Gasteiger charge is -2.17. The molecule has 1 aliphatic rings. The number of carbonyl (C=O) groups is 3. The first-order valence-electron chi connectivity index (χ1n) is 6.85. The van der Waals surface area contributed by atoms with Gasteiger partial charge in [-0.15, -0.1) is 0 Å². The Morgan fingerprint density at radius 1 is 1.38 bits per heavy atom. The molecule has 0 heterocycles. The number of hydrogen-bond donors (Lipinski definition) is 3. The summed E-state index contributed by atoms with van der Waals surface area (Å²) in [7, 11) is 1.24. The monoisotopic (exact) mass is 318 g/mol. The molecule has 3 N–H and O–H groups in total. The van der Waals surface area contributed by atoms with E-state index < -0.39 is 24.0 Å². The van der Waals surface area contributed by atoms with Crippen molar-refractivity contribution < 1.29 is 24.2 Å². The lowest BCUT2D eigenvalue weighted by molar-refractivity contribution is -0.142. The van der Waals surface area contributed by atoms with Gasteiger partial charge in [0.15, 0.2) is 0 Å². The van der Waals surface area contributed by atoms with Crippen molar-refractivity contribution in [3.05, 3.63) is 0 Å². The molecule has 2 unspecified atom stereocenters. The topological polar surface area (TPSA) is 105 Å². The summed E-state index contributed by atoms with van der Waals surface area (Å²) in [5.74, 6) is -1.66. The van der Waals surface area contributed by atoms with Gasteiger partial charge < -0.3 is 20.5 Å². The molecule has 0 bridgehead atoms. The maximum Gasteiger partial charge on any atom is 0.326 e. The number of carbonyl (C=O) groups excluding carboxylic acids is 2. The van der Waals surface area contributed by atoms with Crippen molar-refractivity contribution in [2.75, 3.05) is 13.4 Å². The number of nitrogens with one attached hydrogen (secondary N) is 2. The highest BCUT2D eigenvalue weighted by Crippen LogP contribution is 2.27. The Kier molecular flexibility index (Phi) is 7.35. The van der Waals surface area contributed by atoms with Crippen LogP contribution in [0.3, 0.4) is 0 Å². The van der Waals surface area contributed by atoms with Crippen LogP contribution in [0.2, 0.25) is 0 Å². The zero-order valence-corrected chi connectivity index (χ0v) is 13.1. The Hall–Kier alpha value is -1.44. The summed E-state index contributed by atoms with van der Waals surface area (Å²) >= 11 is 1.78. The van der Waals surface area contributed by atoms with Crippen LogP contribution in [-0.4, -0.2) is 53.8 Å². The summed E-state index contributed by atoms with van der Waals surface area (Å²) < 4.78 is 4.45. The molecule has 120 valence electrons. The van der Waals surface area contributed by atoms with Gasteiger partial charge in [0, 0.05) is 17.7 Å². The fraction of sp³-hybridized carbons (Fsp3) is 0.769.